The van der Waals surface area contributed by atoms with E-state index >= 15 is 0 Å². The highest BCUT2D eigenvalue weighted by molar-refractivity contribution is 7.17. The zero-order chi connectivity index (χ0) is 12.4. The number of hydrogen-bond acceptors (Lipinski definition) is 3. The van der Waals surface area contributed by atoms with E-state index in [9.17, 15) is 0 Å². The van der Waals surface area contributed by atoms with Gasteiger partial charge in [-0.1, -0.05) is 17.7 Å². The van der Waals surface area contributed by atoms with Crippen molar-refractivity contribution in [2.45, 2.75) is 6.61 Å². The van der Waals surface area contributed by atoms with E-state index in [-0.39, 0.29) is 0 Å². The number of halogens is 1. The van der Waals surface area contributed by atoms with Crippen molar-refractivity contribution in [3.8, 4) is 5.75 Å². The molecule has 90 valence electrons. The molecule has 2 nitrogen and oxygen atoms in total. The third-order valence-electron chi connectivity index (χ3n) is 2.65. The summed E-state index contributed by atoms with van der Waals surface area (Å²) in [4.78, 5) is 4.02. The number of pyridine rings is 1. The zero-order valence-electron chi connectivity index (χ0n) is 9.47. The molecule has 4 heteroatoms. The van der Waals surface area contributed by atoms with E-state index < -0.39 is 0 Å². The van der Waals surface area contributed by atoms with Crippen LogP contribution in [0.4, 0.5) is 0 Å². The van der Waals surface area contributed by atoms with Crippen molar-refractivity contribution in [1.82, 2.24) is 4.98 Å². The Bertz CT molecular complexity index is 666. The maximum absolute atomic E-state index is 6.22. The fraction of sp³-hybridized carbons (Fsp3) is 0.0714. The topological polar surface area (TPSA) is 22.1 Å². The molecule has 0 saturated carbocycles. The lowest BCUT2D eigenvalue weighted by Crippen LogP contribution is -1.94. The summed E-state index contributed by atoms with van der Waals surface area (Å²) in [6.45, 7) is 0.509. The Morgan fingerprint density at radius 3 is 3.00 bits per heavy atom. The highest BCUT2D eigenvalue weighted by Gasteiger charge is 2.08. The second kappa shape index (κ2) is 4.96. The average Bonchev–Trinajstić information content (AvgIpc) is 2.82. The molecule has 1 aromatic carbocycles. The van der Waals surface area contributed by atoms with Gasteiger partial charge in [-0.3, -0.25) is 4.98 Å². The smallest absolute Gasteiger partial charge is 0.138 e. The molecule has 0 unspecified atom stereocenters. The first-order valence-electron chi connectivity index (χ1n) is 5.52. The molecular formula is C14H10ClNOS. The van der Waals surface area contributed by atoms with Gasteiger partial charge in [-0.15, -0.1) is 11.3 Å². The van der Waals surface area contributed by atoms with Gasteiger partial charge >= 0.3 is 0 Å². The van der Waals surface area contributed by atoms with Crippen molar-refractivity contribution in [1.29, 1.82) is 0 Å². The van der Waals surface area contributed by atoms with Crippen LogP contribution in [0.5, 0.6) is 5.75 Å². The first kappa shape index (κ1) is 11.5. The summed E-state index contributed by atoms with van der Waals surface area (Å²) in [6.07, 6.45) is 3.43. The number of ether oxygens (including phenoxy) is 1. The molecule has 0 atom stereocenters. The first-order valence-corrected chi connectivity index (χ1v) is 6.78. The molecule has 2 aromatic heterocycles. The summed E-state index contributed by atoms with van der Waals surface area (Å²) < 4.78 is 6.89. The van der Waals surface area contributed by atoms with Crippen LogP contribution >= 0.6 is 22.9 Å². The van der Waals surface area contributed by atoms with E-state index in [4.69, 9.17) is 16.3 Å². The molecule has 0 saturated heterocycles. The molecule has 0 bridgehead atoms. The number of fused-ring (bicyclic) bond motifs is 1. The van der Waals surface area contributed by atoms with Gasteiger partial charge < -0.3 is 4.74 Å². The molecule has 0 radical (unpaired) electrons. The van der Waals surface area contributed by atoms with Gasteiger partial charge in [0.05, 0.1) is 6.20 Å². The SMILES string of the molecule is Clc1cccc2scc(COc3cccnc3)c12. The van der Waals surface area contributed by atoms with E-state index in [1.807, 2.05) is 24.3 Å². The Balaban J connectivity index is 1.87. The van der Waals surface area contributed by atoms with Crippen molar-refractivity contribution >= 4 is 33.0 Å². The summed E-state index contributed by atoms with van der Waals surface area (Å²) in [7, 11) is 0. The van der Waals surface area contributed by atoms with Crippen LogP contribution in [-0.2, 0) is 6.61 Å². The standard InChI is InChI=1S/C14H10ClNOS/c15-12-4-1-5-13-14(12)10(9-18-13)8-17-11-3-2-6-16-7-11/h1-7,9H,8H2. The van der Waals surface area contributed by atoms with E-state index in [2.05, 4.69) is 16.4 Å². The Kier molecular flexibility index (Phi) is 3.17. The third kappa shape index (κ3) is 2.19. The minimum Gasteiger partial charge on any atom is -0.487 e. The Labute approximate surface area is 114 Å². The lowest BCUT2D eigenvalue weighted by atomic mass is 10.2. The lowest BCUT2D eigenvalue weighted by Gasteiger charge is -2.05. The minimum atomic E-state index is 0.509. The molecule has 0 aliphatic rings. The number of benzene rings is 1. The first-order chi connectivity index (χ1) is 8.84. The molecule has 3 aromatic rings. The van der Waals surface area contributed by atoms with Gasteiger partial charge in [0.15, 0.2) is 0 Å². The van der Waals surface area contributed by atoms with Crippen LogP contribution in [0.25, 0.3) is 10.1 Å². The van der Waals surface area contributed by atoms with Crippen molar-refractivity contribution in [2.24, 2.45) is 0 Å². The molecule has 0 aliphatic heterocycles. The highest BCUT2D eigenvalue weighted by Crippen LogP contribution is 2.32. The molecule has 0 N–H and O–H groups in total. The van der Waals surface area contributed by atoms with Gasteiger partial charge in [-0.05, 0) is 29.6 Å². The van der Waals surface area contributed by atoms with Crippen LogP contribution in [0, 0.1) is 0 Å². The van der Waals surface area contributed by atoms with E-state index in [1.165, 1.54) is 4.70 Å². The molecule has 18 heavy (non-hydrogen) atoms. The molecular weight excluding hydrogens is 266 g/mol. The van der Waals surface area contributed by atoms with Gasteiger partial charge in [-0.25, -0.2) is 0 Å². The van der Waals surface area contributed by atoms with Crippen molar-refractivity contribution in [2.75, 3.05) is 0 Å². The van der Waals surface area contributed by atoms with Crippen molar-refractivity contribution in [3.05, 3.63) is 58.7 Å². The molecule has 0 fully saturated rings. The number of aromatic nitrogens is 1. The number of thiophene rings is 1. The van der Waals surface area contributed by atoms with Gasteiger partial charge in [0.1, 0.15) is 12.4 Å². The molecule has 0 aliphatic carbocycles. The van der Waals surface area contributed by atoms with Crippen molar-refractivity contribution in [3.63, 3.8) is 0 Å². The van der Waals surface area contributed by atoms with Gasteiger partial charge in [-0.2, -0.15) is 0 Å². The predicted molar refractivity (Wildman–Crippen MR) is 75.4 cm³/mol. The fourth-order valence-electron chi connectivity index (χ4n) is 1.81. The molecule has 2 heterocycles. The Morgan fingerprint density at radius 1 is 1.22 bits per heavy atom. The molecule has 0 amide bonds. The van der Waals surface area contributed by atoms with E-state index in [0.717, 1.165) is 21.7 Å². The second-order valence-electron chi connectivity index (χ2n) is 3.85. The van der Waals surface area contributed by atoms with E-state index in [0.29, 0.717) is 6.61 Å². The summed E-state index contributed by atoms with van der Waals surface area (Å²) >= 11 is 7.91. The maximum atomic E-state index is 6.22. The summed E-state index contributed by atoms with van der Waals surface area (Å²) in [5.41, 5.74) is 1.12. The average molecular weight is 276 g/mol. The minimum absolute atomic E-state index is 0.509. The zero-order valence-corrected chi connectivity index (χ0v) is 11.0. The van der Waals surface area contributed by atoms with Crippen LogP contribution in [0.2, 0.25) is 5.02 Å². The molecule has 0 spiro atoms. The summed E-state index contributed by atoms with van der Waals surface area (Å²) in [6, 6.07) is 9.69. The number of hydrogen-bond donors (Lipinski definition) is 0. The lowest BCUT2D eigenvalue weighted by molar-refractivity contribution is 0.307. The summed E-state index contributed by atoms with van der Waals surface area (Å²) in [5.74, 6) is 0.768. The van der Waals surface area contributed by atoms with Crippen LogP contribution < -0.4 is 4.74 Å². The highest BCUT2D eigenvalue weighted by atomic mass is 35.5. The van der Waals surface area contributed by atoms with Gasteiger partial charge in [0.2, 0.25) is 0 Å². The van der Waals surface area contributed by atoms with Crippen LogP contribution in [0.15, 0.2) is 48.1 Å². The largest absolute Gasteiger partial charge is 0.487 e. The van der Waals surface area contributed by atoms with Gasteiger partial charge in [0, 0.05) is 26.9 Å². The summed E-state index contributed by atoms with van der Waals surface area (Å²) in [5, 5.41) is 3.96. The fourth-order valence-corrected chi connectivity index (χ4v) is 3.13. The normalized spacial score (nSPS) is 10.7. The Morgan fingerprint density at radius 2 is 2.17 bits per heavy atom. The molecule has 3 rings (SSSR count). The third-order valence-corrected chi connectivity index (χ3v) is 3.96. The van der Waals surface area contributed by atoms with Gasteiger partial charge in [0.25, 0.3) is 0 Å². The van der Waals surface area contributed by atoms with Crippen LogP contribution in [0.1, 0.15) is 5.56 Å². The number of rotatable bonds is 3. The Hall–Kier alpha value is -1.58. The number of nitrogens with zero attached hydrogens (tertiary/aromatic N) is 1. The van der Waals surface area contributed by atoms with Crippen LogP contribution in [-0.4, -0.2) is 4.98 Å². The predicted octanol–water partition coefficient (Wildman–Crippen LogP) is 4.53. The van der Waals surface area contributed by atoms with Crippen LogP contribution in [0.3, 0.4) is 0 Å². The van der Waals surface area contributed by atoms with E-state index in [1.54, 1.807) is 23.7 Å². The van der Waals surface area contributed by atoms with Crippen molar-refractivity contribution < 1.29 is 4.74 Å². The second-order valence-corrected chi connectivity index (χ2v) is 5.17. The monoisotopic (exact) mass is 275 g/mol. The quantitative estimate of drug-likeness (QED) is 0.701. The maximum Gasteiger partial charge on any atom is 0.138 e.